The van der Waals surface area contributed by atoms with Crippen LogP contribution in [0.5, 0.6) is 0 Å². The lowest BCUT2D eigenvalue weighted by atomic mass is 10.3. The quantitative estimate of drug-likeness (QED) is 0.437. The molecule has 3 heteroatoms. The molecule has 1 aliphatic heterocycles. The molecule has 0 aliphatic carbocycles. The Labute approximate surface area is 45.9 Å². The summed E-state index contributed by atoms with van der Waals surface area (Å²) in [5, 5.41) is 0. The van der Waals surface area contributed by atoms with E-state index in [1.807, 2.05) is 0 Å². The minimum Gasteiger partial charge on any atom is -0.429 e. The fourth-order valence-corrected chi connectivity index (χ4v) is 0.531. The van der Waals surface area contributed by atoms with Gasteiger partial charge in [0.15, 0.2) is 0 Å². The fourth-order valence-electron chi connectivity index (χ4n) is 0.531. The van der Waals surface area contributed by atoms with Crippen LogP contribution < -0.4 is 0 Å². The Hall–Kier alpha value is -0.860. The third kappa shape index (κ3) is 0.710. The molecule has 1 rings (SSSR count). The van der Waals surface area contributed by atoms with E-state index in [1.54, 1.807) is 0 Å². The summed E-state index contributed by atoms with van der Waals surface area (Å²) >= 11 is 0. The molecule has 0 N–H and O–H groups in total. The van der Waals surface area contributed by atoms with Crippen molar-refractivity contribution in [3.63, 3.8) is 0 Å². The maximum Gasteiger partial charge on any atom is 0.346 e. The van der Waals surface area contributed by atoms with Gasteiger partial charge >= 0.3 is 5.97 Å². The van der Waals surface area contributed by atoms with Gasteiger partial charge in [0.1, 0.15) is 5.76 Å². The summed E-state index contributed by atoms with van der Waals surface area (Å²) in [6.45, 7) is 3.27. The number of alkyl halides is 1. The Morgan fingerprint density at radius 1 is 1.88 bits per heavy atom. The molecule has 0 radical (unpaired) electrons. The predicted octanol–water partition coefficient (Wildman–Crippen LogP) is 0.785. The van der Waals surface area contributed by atoms with Gasteiger partial charge < -0.3 is 4.74 Å². The summed E-state index contributed by atoms with van der Waals surface area (Å²) in [6.07, 6.45) is -1.44. The molecular weight excluding hydrogens is 111 g/mol. The average molecular weight is 116 g/mol. The molecule has 44 valence electrons. The van der Waals surface area contributed by atoms with Crippen molar-refractivity contribution < 1.29 is 13.9 Å². The van der Waals surface area contributed by atoms with E-state index in [4.69, 9.17) is 0 Å². The smallest absolute Gasteiger partial charge is 0.346 e. The summed E-state index contributed by atoms with van der Waals surface area (Å²) < 4.78 is 16.3. The summed E-state index contributed by atoms with van der Waals surface area (Å²) in [7, 11) is 0. The first kappa shape index (κ1) is 5.28. The van der Waals surface area contributed by atoms with Gasteiger partial charge in [-0.1, -0.05) is 6.58 Å². The normalized spacial score (nSPS) is 28.4. The highest BCUT2D eigenvalue weighted by Crippen LogP contribution is 2.18. The highest BCUT2D eigenvalue weighted by Gasteiger charge is 2.28. The van der Waals surface area contributed by atoms with Gasteiger partial charge in [0.05, 0.1) is 0 Å². The number of hydrogen-bond donors (Lipinski definition) is 0. The highest BCUT2D eigenvalue weighted by atomic mass is 19.1. The molecule has 0 aromatic heterocycles. The second-order valence-electron chi connectivity index (χ2n) is 1.63. The van der Waals surface area contributed by atoms with Crippen LogP contribution in [-0.4, -0.2) is 12.1 Å². The number of cyclic esters (lactones) is 1. The average Bonchev–Trinajstić information content (AvgIpc) is 1.85. The van der Waals surface area contributed by atoms with Crippen molar-refractivity contribution in [2.45, 2.75) is 12.6 Å². The molecule has 1 atom stereocenters. The van der Waals surface area contributed by atoms with Gasteiger partial charge in [-0.2, -0.15) is 0 Å². The zero-order valence-corrected chi connectivity index (χ0v) is 4.19. The van der Waals surface area contributed by atoms with Gasteiger partial charge in [-0.15, -0.1) is 0 Å². The second kappa shape index (κ2) is 1.58. The first-order valence-electron chi connectivity index (χ1n) is 2.23. The molecule has 0 spiro atoms. The SMILES string of the molecule is C=C1CC(F)C(=O)O1. The van der Waals surface area contributed by atoms with Crippen molar-refractivity contribution in [1.82, 2.24) is 0 Å². The molecule has 0 amide bonds. The lowest BCUT2D eigenvalue weighted by Gasteiger charge is -1.86. The third-order valence-corrected chi connectivity index (χ3v) is 0.908. The lowest BCUT2D eigenvalue weighted by molar-refractivity contribution is -0.139. The molecule has 0 saturated carbocycles. The van der Waals surface area contributed by atoms with Gasteiger partial charge in [0.25, 0.3) is 0 Å². The largest absolute Gasteiger partial charge is 0.429 e. The lowest BCUT2D eigenvalue weighted by Crippen LogP contribution is -2.05. The topological polar surface area (TPSA) is 26.3 Å². The van der Waals surface area contributed by atoms with Crippen LogP contribution >= 0.6 is 0 Å². The van der Waals surface area contributed by atoms with Gasteiger partial charge in [-0.25, -0.2) is 9.18 Å². The Bertz CT molecular complexity index is 141. The minimum atomic E-state index is -1.47. The molecule has 0 aromatic rings. The molecule has 1 heterocycles. The Morgan fingerprint density at radius 2 is 2.50 bits per heavy atom. The van der Waals surface area contributed by atoms with E-state index >= 15 is 0 Å². The van der Waals surface area contributed by atoms with Crippen LogP contribution in [0.1, 0.15) is 6.42 Å². The van der Waals surface area contributed by atoms with Crippen LogP contribution in [0.2, 0.25) is 0 Å². The van der Waals surface area contributed by atoms with Crippen molar-refractivity contribution >= 4 is 5.97 Å². The predicted molar refractivity (Wildman–Crippen MR) is 24.7 cm³/mol. The zero-order valence-electron chi connectivity index (χ0n) is 4.19. The van der Waals surface area contributed by atoms with E-state index < -0.39 is 12.1 Å². The molecule has 0 aromatic carbocycles. The Kier molecular flexibility index (Phi) is 1.04. The maximum absolute atomic E-state index is 12.0. The number of rotatable bonds is 0. The number of hydrogen-bond acceptors (Lipinski definition) is 2. The number of halogens is 1. The number of carbonyl (C=O) groups is 1. The van der Waals surface area contributed by atoms with Crippen LogP contribution in [0, 0.1) is 0 Å². The number of esters is 1. The second-order valence-corrected chi connectivity index (χ2v) is 1.63. The third-order valence-electron chi connectivity index (χ3n) is 0.908. The molecule has 2 nitrogen and oxygen atoms in total. The van der Waals surface area contributed by atoms with Crippen LogP contribution in [0.3, 0.4) is 0 Å². The van der Waals surface area contributed by atoms with E-state index in [0.29, 0.717) is 0 Å². The molecule has 0 bridgehead atoms. The Balaban J connectivity index is 2.64. The monoisotopic (exact) mass is 116 g/mol. The molecular formula is C5H5FO2. The van der Waals surface area contributed by atoms with E-state index in [1.165, 1.54) is 0 Å². The van der Waals surface area contributed by atoms with E-state index in [2.05, 4.69) is 11.3 Å². The van der Waals surface area contributed by atoms with Crippen molar-refractivity contribution in [3.8, 4) is 0 Å². The summed E-state index contributed by atoms with van der Waals surface area (Å²) in [4.78, 5) is 10.1. The zero-order chi connectivity index (χ0) is 6.15. The Morgan fingerprint density at radius 3 is 2.62 bits per heavy atom. The molecule has 1 saturated heterocycles. The van der Waals surface area contributed by atoms with Gasteiger partial charge in [0.2, 0.25) is 6.17 Å². The standard InChI is InChI=1S/C5H5FO2/c1-3-2-4(6)5(7)8-3/h4H,1-2H2. The minimum absolute atomic E-state index is 0.0266. The molecule has 1 aliphatic rings. The maximum atomic E-state index is 12.0. The van der Waals surface area contributed by atoms with Gasteiger partial charge in [-0.3, -0.25) is 0 Å². The van der Waals surface area contributed by atoms with E-state index in [0.717, 1.165) is 0 Å². The highest BCUT2D eigenvalue weighted by molar-refractivity contribution is 5.78. The van der Waals surface area contributed by atoms with Crippen LogP contribution in [0.4, 0.5) is 4.39 Å². The van der Waals surface area contributed by atoms with Crippen molar-refractivity contribution in [2.24, 2.45) is 0 Å². The van der Waals surface area contributed by atoms with Crippen molar-refractivity contribution in [2.75, 3.05) is 0 Å². The molecule has 8 heavy (non-hydrogen) atoms. The summed E-state index contributed by atoms with van der Waals surface area (Å²) in [5.74, 6) is -0.586. The van der Waals surface area contributed by atoms with Crippen LogP contribution in [-0.2, 0) is 9.53 Å². The van der Waals surface area contributed by atoms with Gasteiger partial charge in [-0.05, 0) is 0 Å². The van der Waals surface area contributed by atoms with E-state index in [9.17, 15) is 9.18 Å². The summed E-state index contributed by atoms with van der Waals surface area (Å²) in [6, 6.07) is 0. The fraction of sp³-hybridized carbons (Fsp3) is 0.400. The van der Waals surface area contributed by atoms with Crippen LogP contribution in [0.15, 0.2) is 12.3 Å². The number of allylic oxidation sites excluding steroid dienone is 1. The van der Waals surface area contributed by atoms with Crippen LogP contribution in [0.25, 0.3) is 0 Å². The summed E-state index contributed by atoms with van der Waals surface area (Å²) in [5.41, 5.74) is 0. The molecule has 1 fully saturated rings. The number of ether oxygens (including phenoxy) is 1. The first-order chi connectivity index (χ1) is 3.70. The first-order valence-corrected chi connectivity index (χ1v) is 2.23. The van der Waals surface area contributed by atoms with Crippen molar-refractivity contribution in [1.29, 1.82) is 0 Å². The van der Waals surface area contributed by atoms with Gasteiger partial charge in [0, 0.05) is 6.42 Å². The van der Waals surface area contributed by atoms with Crippen molar-refractivity contribution in [3.05, 3.63) is 12.3 Å². The van der Waals surface area contributed by atoms with E-state index in [-0.39, 0.29) is 12.2 Å². The number of carbonyl (C=O) groups excluding carboxylic acids is 1. The molecule has 1 unspecified atom stereocenters.